The van der Waals surface area contributed by atoms with Gasteiger partial charge in [-0.3, -0.25) is 0 Å². The van der Waals surface area contributed by atoms with Crippen LogP contribution in [0.3, 0.4) is 0 Å². The van der Waals surface area contributed by atoms with Crippen LogP contribution in [-0.4, -0.2) is 23.0 Å². The maximum atomic E-state index is 13.5. The van der Waals surface area contributed by atoms with Crippen molar-refractivity contribution in [2.45, 2.75) is 46.3 Å². The molecular weight excluding hydrogens is 706 g/mol. The van der Waals surface area contributed by atoms with Gasteiger partial charge < -0.3 is 14.4 Å². The maximum Gasteiger partial charge on any atom is 0.216 e. The van der Waals surface area contributed by atoms with Crippen LogP contribution in [0.5, 0.6) is 0 Å². The summed E-state index contributed by atoms with van der Waals surface area (Å²) in [6.45, 7) is 9.03. The molecule has 41 heavy (non-hydrogen) atoms. The van der Waals surface area contributed by atoms with Crippen LogP contribution in [-0.2, 0) is 20.1 Å². The topological polar surface area (TPSA) is 51.8 Å². The number of furan rings is 1. The molecule has 2 aromatic carbocycles. The minimum atomic E-state index is -2.08. The van der Waals surface area contributed by atoms with Crippen LogP contribution in [0.4, 0.5) is 4.39 Å². The molecular formula is C34H32FIrN3OSi-2. The first kappa shape index (κ1) is 26.4. The summed E-state index contributed by atoms with van der Waals surface area (Å²) in [5.74, 6) is 0.0249. The number of aromatic nitrogens is 3. The van der Waals surface area contributed by atoms with E-state index in [9.17, 15) is 4.39 Å². The largest absolute Gasteiger partial charge is 0.486 e. The first-order valence-electron chi connectivity index (χ1n) is 14.6. The van der Waals surface area contributed by atoms with E-state index in [-0.39, 0.29) is 25.9 Å². The molecule has 4 nitrogen and oxygen atoms in total. The number of fused-ring (bicyclic) bond motifs is 3. The Morgan fingerprint density at radius 3 is 2.39 bits per heavy atom. The molecule has 0 aliphatic rings. The molecule has 4 aromatic heterocycles. The summed E-state index contributed by atoms with van der Waals surface area (Å²) in [5.41, 5.74) is 5.76. The predicted octanol–water partition coefficient (Wildman–Crippen LogP) is 8.51. The number of hydrogen-bond donors (Lipinski definition) is 0. The van der Waals surface area contributed by atoms with Gasteiger partial charge in [0.05, 0.1) is 19.9 Å². The second kappa shape index (κ2) is 12.6. The normalized spacial score (nSPS) is 12.7. The van der Waals surface area contributed by atoms with Crippen molar-refractivity contribution in [3.05, 3.63) is 108 Å². The van der Waals surface area contributed by atoms with Gasteiger partial charge in [0.1, 0.15) is 5.82 Å². The summed E-state index contributed by atoms with van der Waals surface area (Å²) in [7, 11) is -1.34. The van der Waals surface area contributed by atoms with Crippen molar-refractivity contribution in [3.8, 4) is 22.5 Å². The first-order valence-corrected chi connectivity index (χ1v) is 16.6. The number of halogens is 1. The zero-order valence-corrected chi connectivity index (χ0v) is 26.9. The van der Waals surface area contributed by atoms with E-state index in [0.717, 1.165) is 34.1 Å². The third-order valence-corrected chi connectivity index (χ3v) is 8.71. The summed E-state index contributed by atoms with van der Waals surface area (Å²) in [4.78, 5) is 12.9. The van der Waals surface area contributed by atoms with E-state index >= 15 is 0 Å². The van der Waals surface area contributed by atoms with Crippen LogP contribution in [0.1, 0.15) is 35.0 Å². The van der Waals surface area contributed by atoms with Gasteiger partial charge in [0.15, 0.2) is 0 Å². The average Bonchev–Trinajstić information content (AvgIpc) is 3.35. The molecule has 0 spiro atoms. The zero-order valence-electron chi connectivity index (χ0n) is 26.5. The van der Waals surface area contributed by atoms with Crippen molar-refractivity contribution < 1.29 is 33.0 Å². The summed E-state index contributed by atoms with van der Waals surface area (Å²) >= 11 is 0. The fraction of sp³-hybridized carbons (Fsp3) is 0.206. The Hall–Kier alpha value is -3.51. The smallest absolute Gasteiger partial charge is 0.216 e. The SMILES string of the molecule is CC(C)c1ccnc(-c2[c-]ccc3c2oc2ncc(F)cc23)c1.[2H]C([2H])([2H])c1c[c-]c(-c2ccc([Si](C)(C)C)cn2)cc1.[Ir]. The van der Waals surface area contributed by atoms with E-state index in [1.165, 1.54) is 22.9 Å². The molecule has 0 aliphatic heterocycles. The number of aryl methyl sites for hydroxylation is 1. The van der Waals surface area contributed by atoms with Gasteiger partial charge in [-0.2, -0.15) is 0 Å². The minimum absolute atomic E-state index is 0. The van der Waals surface area contributed by atoms with Crippen LogP contribution >= 0.6 is 0 Å². The molecule has 211 valence electrons. The Kier molecular flexibility index (Phi) is 8.08. The molecule has 1 radical (unpaired) electrons. The zero-order chi connectivity index (χ0) is 30.9. The Balaban J connectivity index is 0.000000199. The molecule has 7 heteroatoms. The summed E-state index contributed by atoms with van der Waals surface area (Å²) in [6, 6.07) is 24.3. The summed E-state index contributed by atoms with van der Waals surface area (Å²) in [5, 5.41) is 2.79. The number of benzene rings is 2. The second-order valence-electron chi connectivity index (χ2n) is 11.0. The van der Waals surface area contributed by atoms with Crippen LogP contribution < -0.4 is 5.19 Å². The molecule has 0 atom stereocenters. The summed E-state index contributed by atoms with van der Waals surface area (Å²) in [6.07, 6.45) is 4.87. The number of pyridine rings is 3. The molecule has 0 saturated carbocycles. The van der Waals surface area contributed by atoms with Gasteiger partial charge in [0.2, 0.25) is 5.71 Å². The molecule has 0 bridgehead atoms. The van der Waals surface area contributed by atoms with E-state index in [1.54, 1.807) is 24.4 Å². The fourth-order valence-corrected chi connectivity index (χ4v) is 5.35. The molecule has 6 aromatic rings. The van der Waals surface area contributed by atoms with Gasteiger partial charge in [0.25, 0.3) is 0 Å². The van der Waals surface area contributed by atoms with E-state index in [1.807, 2.05) is 30.5 Å². The molecule has 4 heterocycles. The van der Waals surface area contributed by atoms with Gasteiger partial charge in [-0.25, -0.2) is 9.37 Å². The Labute approximate surface area is 259 Å². The fourth-order valence-electron chi connectivity index (χ4n) is 4.31. The van der Waals surface area contributed by atoms with Gasteiger partial charge in [-0.1, -0.05) is 75.1 Å². The van der Waals surface area contributed by atoms with E-state index in [0.29, 0.717) is 28.2 Å². The Morgan fingerprint density at radius 1 is 0.902 bits per heavy atom. The summed E-state index contributed by atoms with van der Waals surface area (Å²) < 4.78 is 41.4. The average molecular weight is 741 g/mol. The monoisotopic (exact) mass is 741 g/mol. The maximum absolute atomic E-state index is 13.5. The third-order valence-electron chi connectivity index (χ3n) is 6.68. The minimum Gasteiger partial charge on any atom is -0.486 e. The van der Waals surface area contributed by atoms with Gasteiger partial charge in [-0.15, -0.1) is 53.6 Å². The Morgan fingerprint density at radius 2 is 1.73 bits per heavy atom. The van der Waals surface area contributed by atoms with Crippen molar-refractivity contribution in [3.63, 3.8) is 0 Å². The van der Waals surface area contributed by atoms with Crippen LogP contribution in [0.25, 0.3) is 44.6 Å². The number of rotatable bonds is 4. The van der Waals surface area contributed by atoms with Crippen LogP contribution in [0, 0.1) is 24.8 Å². The van der Waals surface area contributed by atoms with Gasteiger partial charge >= 0.3 is 0 Å². The van der Waals surface area contributed by atoms with E-state index in [4.69, 9.17) is 8.53 Å². The van der Waals surface area contributed by atoms with E-state index < -0.39 is 14.9 Å². The predicted molar refractivity (Wildman–Crippen MR) is 164 cm³/mol. The van der Waals surface area contributed by atoms with Crippen molar-refractivity contribution in [2.24, 2.45) is 0 Å². The van der Waals surface area contributed by atoms with Gasteiger partial charge in [-0.05, 0) is 34.6 Å². The molecule has 0 N–H and O–H groups in total. The van der Waals surface area contributed by atoms with Crippen molar-refractivity contribution in [2.75, 3.05) is 0 Å². The molecule has 0 aliphatic carbocycles. The van der Waals surface area contributed by atoms with Gasteiger partial charge in [0, 0.05) is 42.0 Å². The van der Waals surface area contributed by atoms with E-state index in [2.05, 4.69) is 66.6 Å². The number of nitrogens with zero attached hydrogens (tertiary/aromatic N) is 3. The van der Waals surface area contributed by atoms with Crippen LogP contribution in [0.15, 0.2) is 83.7 Å². The molecule has 0 amide bonds. The van der Waals surface area contributed by atoms with Crippen molar-refractivity contribution in [1.29, 1.82) is 0 Å². The second-order valence-corrected chi connectivity index (χ2v) is 16.1. The van der Waals surface area contributed by atoms with Crippen molar-refractivity contribution >= 4 is 35.3 Å². The van der Waals surface area contributed by atoms with Crippen molar-refractivity contribution in [1.82, 2.24) is 15.0 Å². The first-order chi connectivity index (χ1) is 20.3. The molecule has 0 saturated heterocycles. The number of hydrogen-bond acceptors (Lipinski definition) is 4. The quantitative estimate of drug-likeness (QED) is 0.134. The molecule has 0 fully saturated rings. The molecule has 6 rings (SSSR count). The molecule has 0 unspecified atom stereocenters. The van der Waals surface area contributed by atoms with Crippen LogP contribution in [0.2, 0.25) is 19.6 Å². The third kappa shape index (κ3) is 6.87. The standard InChI is InChI=1S/C19H14FN2O.C15H18NSi.Ir/c1-11(2)12-6-7-21-17(8-12)15-5-3-4-14-16-9-13(20)10-22-19(16)23-18(14)15;1-12-5-7-13(8-6-12)15-10-9-14(11-16-15)17(2,3)4;/h3-4,6-11H,1-2H3;5-7,9-11H,1-4H3;/q2*-1;/i;1D3;. The Bertz CT molecular complexity index is 1830.